The van der Waals surface area contributed by atoms with Crippen LogP contribution in [0.5, 0.6) is 0 Å². The first kappa shape index (κ1) is 17.1. The molecule has 1 unspecified atom stereocenters. The summed E-state index contributed by atoms with van der Waals surface area (Å²) >= 11 is 0. The van der Waals surface area contributed by atoms with E-state index in [1.807, 2.05) is 13.8 Å². The Kier molecular flexibility index (Phi) is 5.78. The molecule has 4 amide bonds. The zero-order valence-corrected chi connectivity index (χ0v) is 13.8. The Morgan fingerprint density at radius 2 is 2.17 bits per heavy atom. The number of aliphatic imine (C=N–C) groups is 1. The average molecular weight is 319 g/mol. The first-order valence-corrected chi connectivity index (χ1v) is 8.04. The van der Waals surface area contributed by atoms with E-state index in [2.05, 4.69) is 22.2 Å². The molecule has 7 heteroatoms. The fourth-order valence-electron chi connectivity index (χ4n) is 2.82. The van der Waals surface area contributed by atoms with E-state index in [1.165, 1.54) is 0 Å². The van der Waals surface area contributed by atoms with Crippen molar-refractivity contribution < 1.29 is 9.59 Å². The van der Waals surface area contributed by atoms with E-state index in [0.717, 1.165) is 12.8 Å². The van der Waals surface area contributed by atoms with Crippen LogP contribution in [0.15, 0.2) is 29.4 Å². The first-order chi connectivity index (χ1) is 11.0. The van der Waals surface area contributed by atoms with Crippen molar-refractivity contribution in [1.29, 1.82) is 0 Å². The zero-order valence-electron chi connectivity index (χ0n) is 13.8. The van der Waals surface area contributed by atoms with E-state index in [-0.39, 0.29) is 24.3 Å². The summed E-state index contributed by atoms with van der Waals surface area (Å²) in [6.07, 6.45) is 6.42. The molecule has 2 aliphatic rings. The van der Waals surface area contributed by atoms with Crippen molar-refractivity contribution >= 4 is 18.3 Å². The standard InChI is InChI=1S/C16H25N5O2/c1-4-17-15(22)20-10-7-14(8-11-20)21-12(2)6-5-9-18-13(3)19-16(21)23/h5-6,9,13-14H,2,4,7-8,10-11H2,1,3H3,(H,17,22)(H,19,23)/b6-5-,18-9-. The molecular weight excluding hydrogens is 294 g/mol. The van der Waals surface area contributed by atoms with Crippen LogP contribution < -0.4 is 10.6 Å². The Hall–Kier alpha value is -2.31. The number of nitrogens with zero attached hydrogens (tertiary/aromatic N) is 3. The minimum absolute atomic E-state index is 0.0307. The summed E-state index contributed by atoms with van der Waals surface area (Å²) in [6, 6.07) is -0.202. The van der Waals surface area contributed by atoms with Gasteiger partial charge in [-0.05, 0) is 38.8 Å². The van der Waals surface area contributed by atoms with E-state index in [4.69, 9.17) is 0 Å². The van der Waals surface area contributed by atoms with Gasteiger partial charge in [-0.15, -0.1) is 0 Å². The predicted octanol–water partition coefficient (Wildman–Crippen LogP) is 1.69. The number of urea groups is 2. The Morgan fingerprint density at radius 3 is 2.83 bits per heavy atom. The lowest BCUT2D eigenvalue weighted by molar-refractivity contribution is 0.144. The zero-order chi connectivity index (χ0) is 16.8. The molecule has 1 atom stereocenters. The van der Waals surface area contributed by atoms with Gasteiger partial charge in [0.1, 0.15) is 6.17 Å². The van der Waals surface area contributed by atoms with Crippen LogP contribution in [0.25, 0.3) is 0 Å². The number of amides is 4. The highest BCUT2D eigenvalue weighted by Gasteiger charge is 2.31. The second-order valence-electron chi connectivity index (χ2n) is 5.70. The first-order valence-electron chi connectivity index (χ1n) is 8.04. The summed E-state index contributed by atoms with van der Waals surface area (Å²) in [4.78, 5) is 32.1. The number of rotatable bonds is 2. The van der Waals surface area contributed by atoms with E-state index < -0.39 is 0 Å². The van der Waals surface area contributed by atoms with E-state index in [0.29, 0.717) is 25.3 Å². The lowest BCUT2D eigenvalue weighted by Gasteiger charge is -2.38. The SMILES string of the molecule is C=C1/C=C\C=N/C(C)NC(=O)N1C1CCN(C(=O)NCC)CC1. The second-order valence-corrected chi connectivity index (χ2v) is 5.70. The van der Waals surface area contributed by atoms with Gasteiger partial charge in [-0.3, -0.25) is 9.89 Å². The molecule has 2 heterocycles. The van der Waals surface area contributed by atoms with Gasteiger partial charge in [-0.2, -0.15) is 0 Å². The highest BCUT2D eigenvalue weighted by molar-refractivity contribution is 5.80. The highest BCUT2D eigenvalue weighted by atomic mass is 16.2. The highest BCUT2D eigenvalue weighted by Crippen LogP contribution is 2.21. The molecule has 0 aromatic carbocycles. The minimum Gasteiger partial charge on any atom is -0.338 e. The van der Waals surface area contributed by atoms with Gasteiger partial charge in [0.15, 0.2) is 0 Å². The van der Waals surface area contributed by atoms with Crippen molar-refractivity contribution in [3.8, 4) is 0 Å². The Bertz CT molecular complexity index is 521. The van der Waals surface area contributed by atoms with Gasteiger partial charge in [-0.1, -0.05) is 6.58 Å². The molecule has 2 aliphatic heterocycles. The van der Waals surface area contributed by atoms with Crippen LogP contribution in [0.1, 0.15) is 26.7 Å². The molecule has 126 valence electrons. The predicted molar refractivity (Wildman–Crippen MR) is 90.3 cm³/mol. The van der Waals surface area contributed by atoms with Crippen LogP contribution in [0.3, 0.4) is 0 Å². The number of hydrogen-bond donors (Lipinski definition) is 2. The molecule has 2 rings (SSSR count). The summed E-state index contributed by atoms with van der Waals surface area (Å²) in [5.41, 5.74) is 0.638. The Labute approximate surface area is 137 Å². The van der Waals surface area contributed by atoms with Gasteiger partial charge in [0.2, 0.25) is 0 Å². The quantitative estimate of drug-likeness (QED) is 0.812. The second kappa shape index (κ2) is 7.80. The van der Waals surface area contributed by atoms with Crippen molar-refractivity contribution in [2.45, 2.75) is 38.9 Å². The average Bonchev–Trinajstić information content (AvgIpc) is 2.57. The summed E-state index contributed by atoms with van der Waals surface area (Å²) in [5.74, 6) is 0. The molecule has 0 bridgehead atoms. The van der Waals surface area contributed by atoms with Gasteiger partial charge in [-0.25, -0.2) is 9.59 Å². The summed E-state index contributed by atoms with van der Waals surface area (Å²) in [6.45, 7) is 9.60. The molecule has 1 saturated heterocycles. The van der Waals surface area contributed by atoms with Crippen LogP contribution in [-0.2, 0) is 0 Å². The number of likely N-dealkylation sites (tertiary alicyclic amines) is 1. The van der Waals surface area contributed by atoms with Crippen molar-refractivity contribution in [3.63, 3.8) is 0 Å². The van der Waals surface area contributed by atoms with Crippen molar-refractivity contribution in [3.05, 3.63) is 24.4 Å². The van der Waals surface area contributed by atoms with Gasteiger partial charge >= 0.3 is 12.1 Å². The molecule has 0 aromatic rings. The van der Waals surface area contributed by atoms with Crippen LogP contribution in [0, 0.1) is 0 Å². The topological polar surface area (TPSA) is 77.0 Å². The van der Waals surface area contributed by atoms with Crippen LogP contribution in [-0.4, -0.2) is 59.9 Å². The maximum Gasteiger partial charge on any atom is 0.323 e. The Balaban J connectivity index is 2.03. The van der Waals surface area contributed by atoms with Gasteiger partial charge in [0.25, 0.3) is 0 Å². The minimum atomic E-state index is -0.282. The van der Waals surface area contributed by atoms with Crippen molar-refractivity contribution in [2.75, 3.05) is 19.6 Å². The van der Waals surface area contributed by atoms with Crippen LogP contribution in [0.2, 0.25) is 0 Å². The molecule has 0 aromatic heterocycles. The molecule has 0 aliphatic carbocycles. The lowest BCUT2D eigenvalue weighted by Crippen LogP contribution is -2.53. The summed E-state index contributed by atoms with van der Waals surface area (Å²) in [7, 11) is 0. The number of allylic oxidation sites excluding steroid dienone is 2. The molecule has 23 heavy (non-hydrogen) atoms. The molecule has 0 radical (unpaired) electrons. The van der Waals surface area contributed by atoms with Crippen molar-refractivity contribution in [2.24, 2.45) is 4.99 Å². The van der Waals surface area contributed by atoms with Crippen molar-refractivity contribution in [1.82, 2.24) is 20.4 Å². The third kappa shape index (κ3) is 4.34. The molecule has 2 N–H and O–H groups in total. The Morgan fingerprint density at radius 1 is 1.48 bits per heavy atom. The third-order valence-corrected chi connectivity index (χ3v) is 3.99. The van der Waals surface area contributed by atoms with Gasteiger partial charge in [0, 0.05) is 37.6 Å². The third-order valence-electron chi connectivity index (χ3n) is 3.99. The smallest absolute Gasteiger partial charge is 0.323 e. The largest absolute Gasteiger partial charge is 0.338 e. The summed E-state index contributed by atoms with van der Waals surface area (Å²) < 4.78 is 0. The van der Waals surface area contributed by atoms with Gasteiger partial charge < -0.3 is 15.5 Å². The summed E-state index contributed by atoms with van der Waals surface area (Å²) in [5, 5.41) is 5.66. The number of hydrogen-bond acceptors (Lipinski definition) is 3. The van der Waals surface area contributed by atoms with Crippen LogP contribution in [0.4, 0.5) is 9.59 Å². The maximum atomic E-state index is 12.5. The lowest BCUT2D eigenvalue weighted by atomic mass is 10.0. The normalized spacial score (nSPS) is 25.9. The van der Waals surface area contributed by atoms with Crippen LogP contribution >= 0.6 is 0 Å². The molecule has 0 saturated carbocycles. The number of carbonyl (C=O) groups is 2. The fourth-order valence-corrected chi connectivity index (χ4v) is 2.82. The fraction of sp³-hybridized carbons (Fsp3) is 0.562. The van der Waals surface area contributed by atoms with E-state index >= 15 is 0 Å². The molecular formula is C16H25N5O2. The van der Waals surface area contributed by atoms with E-state index in [9.17, 15) is 9.59 Å². The number of carbonyl (C=O) groups excluding carboxylic acids is 2. The molecule has 1 fully saturated rings. The van der Waals surface area contributed by atoms with Gasteiger partial charge in [0.05, 0.1) is 0 Å². The molecule has 7 nitrogen and oxygen atoms in total. The molecule has 0 spiro atoms. The number of nitrogens with one attached hydrogen (secondary N) is 2. The van der Waals surface area contributed by atoms with E-state index in [1.54, 1.807) is 28.2 Å². The monoisotopic (exact) mass is 319 g/mol. The number of piperidine rings is 1. The maximum absolute atomic E-state index is 12.5.